The molecule has 45 heavy (non-hydrogen) atoms. The van der Waals surface area contributed by atoms with Gasteiger partial charge in [-0.25, -0.2) is 12.7 Å². The molecule has 0 aromatic heterocycles. The van der Waals surface area contributed by atoms with Crippen LogP contribution < -0.4 is 13.8 Å². The third-order valence-corrected chi connectivity index (χ3v) is 10.1. The molecule has 0 aliphatic carbocycles. The summed E-state index contributed by atoms with van der Waals surface area (Å²) in [4.78, 5) is 34.2. The van der Waals surface area contributed by atoms with Gasteiger partial charge in [-0.15, -0.1) is 0 Å². The summed E-state index contributed by atoms with van der Waals surface area (Å²) in [6.45, 7) is 0.851. The van der Waals surface area contributed by atoms with Crippen molar-refractivity contribution in [2.45, 2.75) is 35.9 Å². The van der Waals surface area contributed by atoms with Gasteiger partial charge < -0.3 is 19.3 Å². The Bertz CT molecular complexity index is 1780. The summed E-state index contributed by atoms with van der Waals surface area (Å²) in [5, 5.41) is 9.97. The number of hydrogen-bond acceptors (Lipinski definition) is 9. The third-order valence-electron chi connectivity index (χ3n) is 8.39. The van der Waals surface area contributed by atoms with Crippen LogP contribution in [-0.4, -0.2) is 89.9 Å². The van der Waals surface area contributed by atoms with Crippen LogP contribution >= 0.6 is 0 Å². The zero-order valence-corrected chi connectivity index (χ0v) is 27.1. The molecular weight excluding hydrogens is 594 g/mol. The highest BCUT2D eigenvalue weighted by atomic mass is 32.2. The van der Waals surface area contributed by atoms with E-state index in [1.54, 1.807) is 31.1 Å². The Morgan fingerprint density at radius 2 is 1.71 bits per heavy atom. The molecule has 2 atom stereocenters. The molecule has 1 fully saturated rings. The number of methoxy groups -OCH3 is 2. The van der Waals surface area contributed by atoms with Crippen LogP contribution in [0.2, 0.25) is 0 Å². The number of hydrogen-bond donors (Lipinski definition) is 0. The average molecular weight is 632 g/mol. The van der Waals surface area contributed by atoms with Crippen molar-refractivity contribution in [2.75, 3.05) is 53.3 Å². The molecule has 1 unspecified atom stereocenters. The number of carbonyl (C=O) groups excluding carboxylic acids is 2. The molecule has 12 heteroatoms. The van der Waals surface area contributed by atoms with Gasteiger partial charge in [0, 0.05) is 38.3 Å². The molecular formula is C33H37N5O6S. The van der Waals surface area contributed by atoms with Gasteiger partial charge in [0.2, 0.25) is 5.91 Å². The number of amides is 2. The van der Waals surface area contributed by atoms with Crippen LogP contribution in [0.15, 0.2) is 65.6 Å². The number of benzene rings is 3. The van der Waals surface area contributed by atoms with E-state index in [0.29, 0.717) is 48.6 Å². The van der Waals surface area contributed by atoms with Crippen molar-refractivity contribution >= 4 is 27.5 Å². The van der Waals surface area contributed by atoms with Gasteiger partial charge >= 0.3 is 0 Å². The predicted octanol–water partition coefficient (Wildman–Crippen LogP) is 3.17. The van der Waals surface area contributed by atoms with Crippen molar-refractivity contribution in [1.82, 2.24) is 14.7 Å². The summed E-state index contributed by atoms with van der Waals surface area (Å²) in [6, 6.07) is 17.2. The van der Waals surface area contributed by atoms with E-state index >= 15 is 4.79 Å². The van der Waals surface area contributed by atoms with Crippen molar-refractivity contribution < 1.29 is 27.5 Å². The Morgan fingerprint density at radius 1 is 1.00 bits per heavy atom. The monoisotopic (exact) mass is 631 g/mol. The van der Waals surface area contributed by atoms with Crippen molar-refractivity contribution in [2.24, 2.45) is 0 Å². The van der Waals surface area contributed by atoms with Crippen molar-refractivity contribution in [1.29, 1.82) is 5.26 Å². The lowest BCUT2D eigenvalue weighted by Crippen LogP contribution is -2.59. The van der Waals surface area contributed by atoms with Gasteiger partial charge in [-0.3, -0.25) is 14.5 Å². The topological polar surface area (TPSA) is 123 Å². The minimum atomic E-state index is -4.48. The van der Waals surface area contributed by atoms with Crippen LogP contribution in [0.1, 0.15) is 35.1 Å². The quantitative estimate of drug-likeness (QED) is 0.350. The minimum absolute atomic E-state index is 0.109. The lowest BCUT2D eigenvalue weighted by Gasteiger charge is -2.42. The number of carbonyl (C=O) groups is 2. The Hall–Kier alpha value is -4.44. The second-order valence-electron chi connectivity index (χ2n) is 11.7. The summed E-state index contributed by atoms with van der Waals surface area (Å²) < 4.78 is 40.8. The molecule has 2 amide bonds. The second kappa shape index (κ2) is 12.2. The van der Waals surface area contributed by atoms with Gasteiger partial charge in [0.1, 0.15) is 11.5 Å². The Balaban J connectivity index is 1.88. The number of anilines is 1. The summed E-state index contributed by atoms with van der Waals surface area (Å²) in [7, 11) is 5.63. The molecule has 0 saturated carbocycles. The number of likely N-dealkylation sites (N-methyl/N-ethyl adjacent to an activating group) is 1. The van der Waals surface area contributed by atoms with Gasteiger partial charge in [-0.1, -0.05) is 6.07 Å². The second-order valence-corrected chi connectivity index (χ2v) is 13.4. The van der Waals surface area contributed by atoms with E-state index in [1.807, 2.05) is 31.1 Å². The first-order chi connectivity index (χ1) is 21.4. The molecule has 3 aromatic carbocycles. The Kier molecular flexibility index (Phi) is 8.64. The molecule has 0 N–H and O–H groups in total. The number of ether oxygens (including phenoxy) is 2. The first-order valence-electron chi connectivity index (χ1n) is 14.5. The van der Waals surface area contributed by atoms with Crippen LogP contribution in [0.3, 0.4) is 0 Å². The molecule has 0 spiro atoms. The van der Waals surface area contributed by atoms with Gasteiger partial charge in [0.25, 0.3) is 15.9 Å². The van der Waals surface area contributed by atoms with Gasteiger partial charge in [-0.2, -0.15) is 5.26 Å². The van der Waals surface area contributed by atoms with Crippen LogP contribution in [0.25, 0.3) is 0 Å². The number of likely N-dealkylation sites (tertiary alicyclic amines) is 1. The van der Waals surface area contributed by atoms with E-state index < -0.39 is 27.5 Å². The highest BCUT2D eigenvalue weighted by Crippen LogP contribution is 2.54. The first kappa shape index (κ1) is 32.0. The largest absolute Gasteiger partial charge is 0.497 e. The van der Waals surface area contributed by atoms with E-state index in [4.69, 9.17) is 9.47 Å². The predicted molar refractivity (Wildman–Crippen MR) is 168 cm³/mol. The fraction of sp³-hybridized carbons (Fsp3) is 0.364. The summed E-state index contributed by atoms with van der Waals surface area (Å²) >= 11 is 0. The highest BCUT2D eigenvalue weighted by molar-refractivity contribution is 7.93. The van der Waals surface area contributed by atoms with Crippen molar-refractivity contribution in [3.05, 3.63) is 82.9 Å². The van der Waals surface area contributed by atoms with Crippen molar-refractivity contribution in [3.8, 4) is 17.6 Å². The molecule has 2 aliphatic rings. The summed E-state index contributed by atoms with van der Waals surface area (Å²) in [5.41, 5.74) is 0.0824. The molecule has 2 aliphatic heterocycles. The van der Waals surface area contributed by atoms with Gasteiger partial charge in [-0.05, 0) is 87.1 Å². The maximum absolute atomic E-state index is 15.4. The van der Waals surface area contributed by atoms with E-state index in [0.717, 1.165) is 9.87 Å². The van der Waals surface area contributed by atoms with E-state index in [9.17, 15) is 18.5 Å². The minimum Gasteiger partial charge on any atom is -0.497 e. The third kappa shape index (κ3) is 5.20. The zero-order valence-electron chi connectivity index (χ0n) is 26.3. The normalized spacial score (nSPS) is 19.8. The van der Waals surface area contributed by atoms with E-state index in [-0.39, 0.29) is 22.1 Å². The fourth-order valence-corrected chi connectivity index (χ4v) is 7.91. The van der Waals surface area contributed by atoms with Crippen LogP contribution in [0.5, 0.6) is 11.5 Å². The molecule has 1 saturated heterocycles. The average Bonchev–Trinajstić information content (AvgIpc) is 3.61. The SMILES string of the molecule is COc1ccc(S(=O)(=O)N2C(=O)C(c3cc(CN(C)C)ccc3OC)(N3CCC[C@H]3C(=O)N(C)C)c3cc(C#N)ccc32)cc1. The zero-order chi connectivity index (χ0) is 32.7. The molecule has 0 radical (unpaired) electrons. The summed E-state index contributed by atoms with van der Waals surface area (Å²) in [5.74, 6) is -0.176. The fourth-order valence-electron chi connectivity index (χ4n) is 6.45. The van der Waals surface area contributed by atoms with Crippen molar-refractivity contribution in [3.63, 3.8) is 0 Å². The summed E-state index contributed by atoms with van der Waals surface area (Å²) in [6.07, 6.45) is 1.06. The maximum Gasteiger partial charge on any atom is 0.271 e. The Labute approximate surface area is 264 Å². The first-order valence-corrected chi connectivity index (χ1v) is 15.9. The molecule has 3 aromatic rings. The molecule has 2 heterocycles. The number of nitrogens with zero attached hydrogens (tertiary/aromatic N) is 5. The van der Waals surface area contributed by atoms with Crippen LogP contribution in [-0.2, 0) is 31.7 Å². The van der Waals surface area contributed by atoms with E-state index in [2.05, 4.69) is 6.07 Å². The number of fused-ring (bicyclic) bond motifs is 1. The standard InChI is InChI=1S/C33H37N5O6S/c1-35(2)21-23-10-16-30(44-6)27(19-23)33(37-17-7-8-29(37)31(39)36(3)4)26-18-22(20-34)9-15-28(26)38(32(33)40)45(41,42)25-13-11-24(43-5)12-14-25/h9-16,18-19,29H,7-8,17,21H2,1-6H3/t29-,33?/m0/s1. The molecule has 11 nitrogen and oxygen atoms in total. The Morgan fingerprint density at radius 3 is 2.31 bits per heavy atom. The lowest BCUT2D eigenvalue weighted by atomic mass is 9.79. The van der Waals surface area contributed by atoms with Gasteiger partial charge in [0.05, 0.1) is 42.5 Å². The maximum atomic E-state index is 15.4. The van der Waals surface area contributed by atoms with Gasteiger partial charge in [0.15, 0.2) is 5.54 Å². The van der Waals surface area contributed by atoms with Crippen LogP contribution in [0, 0.1) is 11.3 Å². The lowest BCUT2D eigenvalue weighted by molar-refractivity contribution is -0.138. The molecule has 0 bridgehead atoms. The smallest absolute Gasteiger partial charge is 0.271 e. The molecule has 5 rings (SSSR count). The number of sulfonamides is 1. The van der Waals surface area contributed by atoms with E-state index in [1.165, 1.54) is 55.5 Å². The highest BCUT2D eigenvalue weighted by Gasteiger charge is 2.63. The van der Waals surface area contributed by atoms with Crippen LogP contribution in [0.4, 0.5) is 5.69 Å². The molecule has 236 valence electrons. The number of nitriles is 1. The number of rotatable bonds is 9.